The molecule has 0 heterocycles. The largest absolute Gasteiger partial charge is 0.454 e. The van der Waals surface area contributed by atoms with Crippen LogP contribution in [0, 0.1) is 11.6 Å². The summed E-state index contributed by atoms with van der Waals surface area (Å²) >= 11 is 3.02. The third-order valence-corrected chi connectivity index (χ3v) is 2.94. The predicted molar refractivity (Wildman–Crippen MR) is 66.5 cm³/mol. The summed E-state index contributed by atoms with van der Waals surface area (Å²) in [7, 11) is 0. The van der Waals surface area contributed by atoms with E-state index in [1.165, 1.54) is 30.3 Å². The van der Waals surface area contributed by atoms with E-state index in [9.17, 15) is 8.78 Å². The maximum atomic E-state index is 13.6. The molecule has 0 spiro atoms. The number of halogens is 3. The molecule has 0 atom stereocenters. The van der Waals surface area contributed by atoms with Crippen LogP contribution in [0.1, 0.15) is 5.56 Å². The SMILES string of the molecule is OCc1ccc(Oc2ccc(Br)c(F)c2)c(F)c1. The van der Waals surface area contributed by atoms with Gasteiger partial charge in [0.2, 0.25) is 0 Å². The first-order valence-corrected chi connectivity index (χ1v) is 5.91. The maximum Gasteiger partial charge on any atom is 0.166 e. The molecular formula is C13H9BrF2O2. The van der Waals surface area contributed by atoms with Gasteiger partial charge in [-0.1, -0.05) is 6.07 Å². The predicted octanol–water partition coefficient (Wildman–Crippen LogP) is 4.01. The van der Waals surface area contributed by atoms with Gasteiger partial charge in [0.05, 0.1) is 11.1 Å². The van der Waals surface area contributed by atoms with Crippen LogP contribution in [0.15, 0.2) is 40.9 Å². The summed E-state index contributed by atoms with van der Waals surface area (Å²) in [4.78, 5) is 0. The van der Waals surface area contributed by atoms with Crippen LogP contribution < -0.4 is 4.74 Å². The third-order valence-electron chi connectivity index (χ3n) is 2.30. The van der Waals surface area contributed by atoms with Crippen LogP contribution in [0.2, 0.25) is 0 Å². The molecule has 0 aliphatic carbocycles. The van der Waals surface area contributed by atoms with Gasteiger partial charge in [-0.3, -0.25) is 0 Å². The Morgan fingerprint density at radius 1 is 1.06 bits per heavy atom. The van der Waals surface area contributed by atoms with E-state index in [0.717, 1.165) is 6.07 Å². The van der Waals surface area contributed by atoms with Gasteiger partial charge < -0.3 is 9.84 Å². The average molecular weight is 315 g/mol. The van der Waals surface area contributed by atoms with Crippen molar-refractivity contribution in [2.24, 2.45) is 0 Å². The molecule has 18 heavy (non-hydrogen) atoms. The molecular weight excluding hydrogens is 306 g/mol. The zero-order valence-electron chi connectivity index (χ0n) is 9.16. The Hall–Kier alpha value is -1.46. The minimum atomic E-state index is -0.607. The van der Waals surface area contributed by atoms with Gasteiger partial charge in [0.15, 0.2) is 11.6 Å². The highest BCUT2D eigenvalue weighted by molar-refractivity contribution is 9.10. The monoisotopic (exact) mass is 314 g/mol. The summed E-state index contributed by atoms with van der Waals surface area (Å²) in [6.07, 6.45) is 0. The molecule has 2 aromatic rings. The van der Waals surface area contributed by atoms with Crippen molar-refractivity contribution in [2.75, 3.05) is 0 Å². The Kier molecular flexibility index (Phi) is 3.93. The molecule has 0 aliphatic heterocycles. The Bertz CT molecular complexity index is 573. The van der Waals surface area contributed by atoms with E-state index in [-0.39, 0.29) is 18.1 Å². The van der Waals surface area contributed by atoms with Gasteiger partial charge in [-0.05, 0) is 45.8 Å². The maximum absolute atomic E-state index is 13.6. The summed E-state index contributed by atoms with van der Waals surface area (Å²) < 4.78 is 32.3. The van der Waals surface area contributed by atoms with Crippen LogP contribution in [0.5, 0.6) is 11.5 Å². The number of hydrogen-bond donors (Lipinski definition) is 1. The van der Waals surface area contributed by atoms with Crippen LogP contribution in [0.4, 0.5) is 8.78 Å². The Balaban J connectivity index is 2.25. The number of aliphatic hydroxyl groups is 1. The summed E-state index contributed by atoms with van der Waals surface area (Å²) in [5.74, 6) is -0.912. The number of rotatable bonds is 3. The normalized spacial score (nSPS) is 10.4. The molecule has 2 nitrogen and oxygen atoms in total. The van der Waals surface area contributed by atoms with Gasteiger partial charge in [0, 0.05) is 6.07 Å². The van der Waals surface area contributed by atoms with Crippen molar-refractivity contribution in [2.45, 2.75) is 6.61 Å². The van der Waals surface area contributed by atoms with E-state index in [4.69, 9.17) is 9.84 Å². The molecule has 1 N–H and O–H groups in total. The second kappa shape index (κ2) is 5.46. The van der Waals surface area contributed by atoms with Gasteiger partial charge >= 0.3 is 0 Å². The van der Waals surface area contributed by atoms with Crippen molar-refractivity contribution in [3.63, 3.8) is 0 Å². The van der Waals surface area contributed by atoms with Crippen LogP contribution in [0.25, 0.3) is 0 Å². The smallest absolute Gasteiger partial charge is 0.166 e. The first-order chi connectivity index (χ1) is 8.60. The van der Waals surface area contributed by atoms with Crippen molar-refractivity contribution < 1.29 is 18.6 Å². The van der Waals surface area contributed by atoms with Crippen LogP contribution in [-0.2, 0) is 6.61 Å². The fourth-order valence-corrected chi connectivity index (χ4v) is 1.64. The van der Waals surface area contributed by atoms with Crippen LogP contribution in [-0.4, -0.2) is 5.11 Å². The number of aliphatic hydroxyl groups excluding tert-OH is 1. The van der Waals surface area contributed by atoms with E-state index >= 15 is 0 Å². The highest BCUT2D eigenvalue weighted by Crippen LogP contribution is 2.27. The summed E-state index contributed by atoms with van der Waals surface area (Å²) in [5.41, 5.74) is 0.446. The summed E-state index contributed by atoms with van der Waals surface area (Å²) in [6.45, 7) is -0.246. The topological polar surface area (TPSA) is 29.5 Å². The summed E-state index contributed by atoms with van der Waals surface area (Å²) in [6, 6.07) is 8.25. The number of hydrogen-bond acceptors (Lipinski definition) is 2. The standard InChI is InChI=1S/C13H9BrF2O2/c14-10-3-2-9(6-11(10)15)18-13-4-1-8(7-17)5-12(13)16/h1-6,17H,7H2. The zero-order valence-corrected chi connectivity index (χ0v) is 10.7. The molecule has 0 unspecified atom stereocenters. The lowest BCUT2D eigenvalue weighted by molar-refractivity contribution is 0.281. The van der Waals surface area contributed by atoms with E-state index < -0.39 is 11.6 Å². The Labute approximate surface area is 111 Å². The van der Waals surface area contributed by atoms with Crippen molar-refractivity contribution in [1.29, 1.82) is 0 Å². The first kappa shape index (κ1) is 13.0. The van der Waals surface area contributed by atoms with Gasteiger partial charge in [0.1, 0.15) is 11.6 Å². The van der Waals surface area contributed by atoms with Gasteiger partial charge in [-0.25, -0.2) is 8.78 Å². The molecule has 0 saturated heterocycles. The van der Waals surface area contributed by atoms with Gasteiger partial charge in [-0.15, -0.1) is 0 Å². The zero-order chi connectivity index (χ0) is 13.1. The lowest BCUT2D eigenvalue weighted by Crippen LogP contribution is -1.92. The molecule has 2 aromatic carbocycles. The first-order valence-electron chi connectivity index (χ1n) is 5.12. The molecule has 0 aliphatic rings. The fraction of sp³-hybridized carbons (Fsp3) is 0.0769. The molecule has 5 heteroatoms. The van der Waals surface area contributed by atoms with E-state index in [1.807, 2.05) is 0 Å². The highest BCUT2D eigenvalue weighted by Gasteiger charge is 2.07. The second-order valence-corrected chi connectivity index (χ2v) is 4.46. The molecule has 0 radical (unpaired) electrons. The van der Waals surface area contributed by atoms with Crippen molar-refractivity contribution in [3.05, 3.63) is 58.1 Å². The third kappa shape index (κ3) is 2.86. The lowest BCUT2D eigenvalue weighted by atomic mass is 10.2. The Morgan fingerprint density at radius 3 is 2.44 bits per heavy atom. The molecule has 0 bridgehead atoms. The quantitative estimate of drug-likeness (QED) is 0.927. The molecule has 94 valence electrons. The van der Waals surface area contributed by atoms with Gasteiger partial charge in [0.25, 0.3) is 0 Å². The lowest BCUT2D eigenvalue weighted by Gasteiger charge is -2.08. The van der Waals surface area contributed by atoms with E-state index in [2.05, 4.69) is 15.9 Å². The minimum Gasteiger partial charge on any atom is -0.454 e. The number of benzene rings is 2. The molecule has 0 fully saturated rings. The average Bonchev–Trinajstić information content (AvgIpc) is 2.36. The molecule has 0 saturated carbocycles. The molecule has 2 rings (SSSR count). The van der Waals surface area contributed by atoms with Crippen molar-refractivity contribution in [3.8, 4) is 11.5 Å². The van der Waals surface area contributed by atoms with Crippen molar-refractivity contribution in [1.82, 2.24) is 0 Å². The Morgan fingerprint density at radius 2 is 1.83 bits per heavy atom. The van der Waals surface area contributed by atoms with Crippen LogP contribution in [0.3, 0.4) is 0 Å². The fourth-order valence-electron chi connectivity index (χ4n) is 1.39. The molecule has 0 aromatic heterocycles. The summed E-state index contributed by atoms with van der Waals surface area (Å²) in [5, 5.41) is 8.85. The highest BCUT2D eigenvalue weighted by atomic mass is 79.9. The van der Waals surface area contributed by atoms with Crippen LogP contribution >= 0.6 is 15.9 Å². The van der Waals surface area contributed by atoms with E-state index in [1.54, 1.807) is 0 Å². The van der Waals surface area contributed by atoms with Gasteiger partial charge in [-0.2, -0.15) is 0 Å². The number of ether oxygens (including phenoxy) is 1. The van der Waals surface area contributed by atoms with Crippen molar-refractivity contribution >= 4 is 15.9 Å². The van der Waals surface area contributed by atoms with E-state index in [0.29, 0.717) is 10.0 Å². The molecule has 0 amide bonds. The minimum absolute atomic E-state index is 0.0195. The second-order valence-electron chi connectivity index (χ2n) is 3.60.